The zero-order valence-corrected chi connectivity index (χ0v) is 24.4. The number of hydrogen-bond donors (Lipinski definition) is 2. The molecule has 1 aliphatic rings. The Bertz CT molecular complexity index is 1460. The van der Waals surface area contributed by atoms with Crippen LogP contribution in [0.3, 0.4) is 0 Å². The van der Waals surface area contributed by atoms with E-state index in [0.717, 1.165) is 53.6 Å². The third-order valence-electron chi connectivity index (χ3n) is 6.68. The summed E-state index contributed by atoms with van der Waals surface area (Å²) in [6.07, 6.45) is 4.21. The molecule has 1 amide bonds. The number of para-hydroxylation sites is 1. The number of thioether (sulfide) groups is 1. The van der Waals surface area contributed by atoms with Crippen LogP contribution >= 0.6 is 23.1 Å². The molecule has 40 heavy (non-hydrogen) atoms. The monoisotopic (exact) mass is 575 g/mol. The normalized spacial score (nSPS) is 12.6. The van der Waals surface area contributed by atoms with Gasteiger partial charge in [-0.1, -0.05) is 47.7 Å². The molecule has 0 bridgehead atoms. The number of carbonyl (C=O) groups excluding carboxylic acids is 2. The minimum Gasteiger partial charge on any atom is -0.462 e. The summed E-state index contributed by atoms with van der Waals surface area (Å²) in [7, 11) is 0. The molecule has 2 N–H and O–H groups in total. The molecule has 0 aliphatic heterocycles. The van der Waals surface area contributed by atoms with Crippen LogP contribution in [0.5, 0.6) is 0 Å². The van der Waals surface area contributed by atoms with E-state index in [1.54, 1.807) is 6.92 Å². The molecule has 0 spiro atoms. The van der Waals surface area contributed by atoms with Crippen LogP contribution in [0.4, 0.5) is 10.7 Å². The highest BCUT2D eigenvalue weighted by atomic mass is 32.2. The maximum atomic E-state index is 13.0. The number of esters is 1. The molecule has 0 radical (unpaired) electrons. The van der Waals surface area contributed by atoms with Gasteiger partial charge in [-0.2, -0.15) is 0 Å². The number of amides is 1. The third kappa shape index (κ3) is 6.56. The zero-order valence-electron chi connectivity index (χ0n) is 22.7. The number of fused-ring (bicyclic) bond motifs is 1. The van der Waals surface area contributed by atoms with Crippen LogP contribution in [0.15, 0.2) is 59.8 Å². The number of ether oxygens (including phenoxy) is 1. The van der Waals surface area contributed by atoms with Crippen molar-refractivity contribution < 1.29 is 14.3 Å². The van der Waals surface area contributed by atoms with Crippen LogP contribution in [0, 0.1) is 6.92 Å². The van der Waals surface area contributed by atoms with Gasteiger partial charge in [0.25, 0.3) is 0 Å². The molecular formula is C30H33N5O3S2. The van der Waals surface area contributed by atoms with E-state index in [1.807, 2.05) is 47.0 Å². The van der Waals surface area contributed by atoms with Crippen molar-refractivity contribution in [1.82, 2.24) is 14.8 Å². The number of carbonyl (C=O) groups is 2. The topological polar surface area (TPSA) is 98.1 Å². The molecule has 1 aliphatic carbocycles. The molecule has 2 aromatic carbocycles. The molecule has 0 saturated carbocycles. The number of benzene rings is 2. The Morgan fingerprint density at radius 1 is 1.05 bits per heavy atom. The lowest BCUT2D eigenvalue weighted by Gasteiger charge is -2.12. The van der Waals surface area contributed by atoms with Crippen LogP contribution in [0.2, 0.25) is 0 Å². The number of aromatic nitrogens is 3. The van der Waals surface area contributed by atoms with Gasteiger partial charge in [-0.15, -0.1) is 21.5 Å². The lowest BCUT2D eigenvalue weighted by atomic mass is 9.95. The Hall–Kier alpha value is -3.63. The summed E-state index contributed by atoms with van der Waals surface area (Å²) in [5, 5.41) is 16.7. The number of rotatable bonds is 11. The minimum atomic E-state index is -0.352. The molecule has 10 heteroatoms. The Morgan fingerprint density at radius 2 is 1.82 bits per heavy atom. The van der Waals surface area contributed by atoms with Crippen molar-refractivity contribution in [1.29, 1.82) is 0 Å². The van der Waals surface area contributed by atoms with E-state index in [1.165, 1.54) is 33.5 Å². The van der Waals surface area contributed by atoms with Gasteiger partial charge in [-0.25, -0.2) is 4.79 Å². The molecule has 4 aromatic rings. The van der Waals surface area contributed by atoms with Gasteiger partial charge in [0, 0.05) is 28.4 Å². The Labute approximate surface area is 242 Å². The van der Waals surface area contributed by atoms with Gasteiger partial charge in [0.1, 0.15) is 5.00 Å². The molecule has 0 unspecified atom stereocenters. The van der Waals surface area contributed by atoms with Gasteiger partial charge in [-0.3, -0.25) is 9.36 Å². The van der Waals surface area contributed by atoms with Crippen molar-refractivity contribution in [2.24, 2.45) is 0 Å². The number of aryl methyl sites for hydroxylation is 2. The predicted molar refractivity (Wildman–Crippen MR) is 161 cm³/mol. The lowest BCUT2D eigenvalue weighted by molar-refractivity contribution is -0.115. The van der Waals surface area contributed by atoms with Crippen LogP contribution in [0.1, 0.15) is 58.4 Å². The van der Waals surface area contributed by atoms with Crippen molar-refractivity contribution in [3.8, 4) is 5.69 Å². The van der Waals surface area contributed by atoms with E-state index in [0.29, 0.717) is 29.5 Å². The quantitative estimate of drug-likeness (QED) is 0.157. The van der Waals surface area contributed by atoms with Gasteiger partial charge >= 0.3 is 5.97 Å². The largest absolute Gasteiger partial charge is 0.462 e. The fourth-order valence-corrected chi connectivity index (χ4v) is 6.90. The number of nitrogens with one attached hydrogen (secondary N) is 2. The number of nitrogens with zero attached hydrogens (tertiary/aromatic N) is 3. The molecule has 2 aromatic heterocycles. The Kier molecular flexibility index (Phi) is 9.18. The second-order valence-corrected chi connectivity index (χ2v) is 11.7. The highest BCUT2D eigenvalue weighted by Crippen LogP contribution is 2.38. The van der Waals surface area contributed by atoms with Crippen molar-refractivity contribution in [3.63, 3.8) is 0 Å². The number of hydrogen-bond acceptors (Lipinski definition) is 8. The van der Waals surface area contributed by atoms with Gasteiger partial charge in [-0.05, 0) is 69.4 Å². The Balaban J connectivity index is 1.26. The predicted octanol–water partition coefficient (Wildman–Crippen LogP) is 6.43. The van der Waals surface area contributed by atoms with Crippen molar-refractivity contribution >= 4 is 45.7 Å². The second kappa shape index (κ2) is 13.1. The van der Waals surface area contributed by atoms with Crippen molar-refractivity contribution in [2.45, 2.75) is 57.7 Å². The maximum absolute atomic E-state index is 13.0. The van der Waals surface area contributed by atoms with E-state index in [2.05, 4.69) is 39.9 Å². The molecule has 2 heterocycles. The first-order chi connectivity index (χ1) is 19.5. The van der Waals surface area contributed by atoms with E-state index >= 15 is 0 Å². The van der Waals surface area contributed by atoms with Gasteiger partial charge in [0.15, 0.2) is 11.0 Å². The summed E-state index contributed by atoms with van der Waals surface area (Å²) < 4.78 is 7.34. The second-order valence-electron chi connectivity index (χ2n) is 9.57. The van der Waals surface area contributed by atoms with Gasteiger partial charge < -0.3 is 15.4 Å². The molecule has 208 valence electrons. The maximum Gasteiger partial charge on any atom is 0.341 e. The van der Waals surface area contributed by atoms with Gasteiger partial charge in [0.2, 0.25) is 5.91 Å². The highest BCUT2D eigenvalue weighted by molar-refractivity contribution is 7.99. The fourth-order valence-electron chi connectivity index (χ4n) is 4.69. The third-order valence-corrected chi connectivity index (χ3v) is 8.82. The Morgan fingerprint density at radius 3 is 2.60 bits per heavy atom. The molecule has 8 nitrogen and oxygen atoms in total. The first-order valence-corrected chi connectivity index (χ1v) is 15.4. The van der Waals surface area contributed by atoms with Gasteiger partial charge in [0.05, 0.1) is 18.7 Å². The van der Waals surface area contributed by atoms with Crippen molar-refractivity contribution in [2.75, 3.05) is 23.0 Å². The van der Waals surface area contributed by atoms with E-state index in [4.69, 9.17) is 4.74 Å². The molecular weight excluding hydrogens is 542 g/mol. The highest BCUT2D eigenvalue weighted by Gasteiger charge is 2.27. The van der Waals surface area contributed by atoms with Crippen LogP contribution in [-0.4, -0.2) is 39.0 Å². The van der Waals surface area contributed by atoms with E-state index in [9.17, 15) is 9.59 Å². The average Bonchev–Trinajstić information content (AvgIpc) is 3.54. The fraction of sp³-hybridized carbons (Fsp3) is 0.333. The van der Waals surface area contributed by atoms with Crippen LogP contribution in [-0.2, 0) is 28.9 Å². The average molecular weight is 576 g/mol. The first-order valence-electron chi connectivity index (χ1n) is 13.6. The molecule has 0 atom stereocenters. The SMILES string of the molecule is CCOC(=O)c1c(NC(=O)CCSc2nnc(CNc3ccc(C)cc3)n2-c2ccccc2)sc2c1CCCC2. The van der Waals surface area contributed by atoms with Crippen molar-refractivity contribution in [3.05, 3.63) is 82.0 Å². The smallest absolute Gasteiger partial charge is 0.341 e. The standard InChI is InChI=1S/C30H33N5O3S2/c1-3-38-29(37)27-23-11-7-8-12-24(23)40-28(27)32-26(36)17-18-39-30-34-33-25(35(30)22-9-5-4-6-10-22)19-31-21-15-13-20(2)14-16-21/h4-6,9-10,13-16,31H,3,7-8,11-12,17-19H2,1-2H3,(H,32,36). The van der Waals surface area contributed by atoms with E-state index < -0.39 is 0 Å². The molecule has 0 saturated heterocycles. The molecule has 0 fully saturated rings. The minimum absolute atomic E-state index is 0.135. The zero-order chi connectivity index (χ0) is 27.9. The summed E-state index contributed by atoms with van der Waals surface area (Å²) in [6, 6.07) is 18.2. The van der Waals surface area contributed by atoms with Crippen LogP contribution in [0.25, 0.3) is 5.69 Å². The van der Waals surface area contributed by atoms with Crippen LogP contribution < -0.4 is 10.6 Å². The summed E-state index contributed by atoms with van der Waals surface area (Å²) in [4.78, 5) is 26.9. The summed E-state index contributed by atoms with van der Waals surface area (Å²) in [5.74, 6) is 0.808. The number of anilines is 2. The lowest BCUT2D eigenvalue weighted by Crippen LogP contribution is -2.16. The molecule has 5 rings (SSSR count). The summed E-state index contributed by atoms with van der Waals surface area (Å²) in [5.41, 5.74) is 4.76. The number of thiophene rings is 1. The summed E-state index contributed by atoms with van der Waals surface area (Å²) in [6.45, 7) is 4.67. The first kappa shape index (κ1) is 27.9. The van der Waals surface area contributed by atoms with E-state index in [-0.39, 0.29) is 18.3 Å². The summed E-state index contributed by atoms with van der Waals surface area (Å²) >= 11 is 2.99.